The number of hydrogen-bond donors (Lipinski definition) is 1. The third-order valence-electron chi connectivity index (χ3n) is 3.73. The van der Waals surface area contributed by atoms with Gasteiger partial charge in [0, 0.05) is 23.0 Å². The van der Waals surface area contributed by atoms with E-state index in [9.17, 15) is 18.4 Å². The summed E-state index contributed by atoms with van der Waals surface area (Å²) in [5.41, 5.74) is 8.07. The maximum absolute atomic E-state index is 12.6. The molecule has 25 heavy (non-hydrogen) atoms. The number of hydrogen-bond acceptors (Lipinski definition) is 3. The highest BCUT2D eigenvalue weighted by molar-refractivity contribution is 5.71. The number of alkyl halides is 3. The zero-order chi connectivity index (χ0) is 18.0. The Morgan fingerprint density at radius 2 is 1.84 bits per heavy atom. The molecule has 3 aromatic rings. The van der Waals surface area contributed by atoms with Crippen LogP contribution in [0.4, 0.5) is 18.9 Å². The molecule has 0 spiro atoms. The third kappa shape index (κ3) is 3.63. The fraction of sp³-hybridized carbons (Fsp3) is 0.111. The first-order valence-electron chi connectivity index (χ1n) is 7.35. The minimum atomic E-state index is -4.35. The van der Waals surface area contributed by atoms with Gasteiger partial charge in [0.1, 0.15) is 0 Å². The van der Waals surface area contributed by atoms with Crippen LogP contribution in [0.5, 0.6) is 0 Å². The predicted molar refractivity (Wildman–Crippen MR) is 87.3 cm³/mol. The second-order valence-electron chi connectivity index (χ2n) is 5.54. The number of aromatic nitrogens is 2. The van der Waals surface area contributed by atoms with Crippen LogP contribution in [0, 0.1) is 11.3 Å². The Bertz CT molecular complexity index is 934. The highest BCUT2D eigenvalue weighted by Crippen LogP contribution is 2.29. The van der Waals surface area contributed by atoms with Gasteiger partial charge in [-0.1, -0.05) is 18.2 Å². The lowest BCUT2D eigenvalue weighted by Gasteiger charge is -2.07. The Labute approximate surface area is 141 Å². The molecule has 7 heteroatoms. The van der Waals surface area contributed by atoms with Crippen molar-refractivity contribution in [3.05, 3.63) is 71.5 Å². The van der Waals surface area contributed by atoms with Gasteiger partial charge in [0.2, 0.25) is 0 Å². The number of benzene rings is 2. The summed E-state index contributed by atoms with van der Waals surface area (Å²) in [5, 5.41) is 13.4. The van der Waals surface area contributed by atoms with Crippen molar-refractivity contribution < 1.29 is 13.2 Å². The quantitative estimate of drug-likeness (QED) is 0.730. The van der Waals surface area contributed by atoms with E-state index in [-0.39, 0.29) is 0 Å². The maximum Gasteiger partial charge on any atom is 0.416 e. The average molecular weight is 342 g/mol. The van der Waals surface area contributed by atoms with Crippen molar-refractivity contribution in [1.82, 2.24) is 9.78 Å². The second kappa shape index (κ2) is 6.32. The summed E-state index contributed by atoms with van der Waals surface area (Å²) >= 11 is 0. The molecule has 0 unspecified atom stereocenters. The first kappa shape index (κ1) is 16.6. The zero-order valence-electron chi connectivity index (χ0n) is 13.0. The molecule has 0 aliphatic heterocycles. The molecule has 0 bridgehead atoms. The van der Waals surface area contributed by atoms with Gasteiger partial charge in [0.05, 0.1) is 29.9 Å². The Kier molecular flexibility index (Phi) is 4.19. The molecule has 0 saturated heterocycles. The SMILES string of the molecule is N#Cc1cc(N)ccc1-c1cnn(Cc2ccc(C(F)(F)F)cc2)c1. The summed E-state index contributed by atoms with van der Waals surface area (Å²) in [7, 11) is 0. The maximum atomic E-state index is 12.6. The van der Waals surface area contributed by atoms with Crippen molar-refractivity contribution in [2.75, 3.05) is 5.73 Å². The highest BCUT2D eigenvalue weighted by Gasteiger charge is 2.29. The Balaban J connectivity index is 1.82. The number of nitrogens with two attached hydrogens (primary N) is 1. The van der Waals surface area contributed by atoms with Crippen LogP contribution in [0.25, 0.3) is 11.1 Å². The van der Waals surface area contributed by atoms with Gasteiger partial charge >= 0.3 is 6.18 Å². The topological polar surface area (TPSA) is 67.6 Å². The van der Waals surface area contributed by atoms with E-state index in [1.165, 1.54) is 12.1 Å². The van der Waals surface area contributed by atoms with Gasteiger partial charge < -0.3 is 5.73 Å². The summed E-state index contributed by atoms with van der Waals surface area (Å²) in [6, 6.07) is 12.1. The first-order chi connectivity index (χ1) is 11.9. The van der Waals surface area contributed by atoms with Crippen molar-refractivity contribution in [1.29, 1.82) is 5.26 Å². The van der Waals surface area contributed by atoms with Gasteiger partial charge in [0.25, 0.3) is 0 Å². The second-order valence-corrected chi connectivity index (χ2v) is 5.54. The molecule has 0 amide bonds. The normalized spacial score (nSPS) is 11.3. The fourth-order valence-electron chi connectivity index (χ4n) is 2.48. The molecule has 1 aromatic heterocycles. The van der Waals surface area contributed by atoms with Crippen LogP contribution in [-0.4, -0.2) is 9.78 Å². The summed E-state index contributed by atoms with van der Waals surface area (Å²) in [4.78, 5) is 0. The average Bonchev–Trinajstić information content (AvgIpc) is 3.02. The molecule has 0 atom stereocenters. The number of rotatable bonds is 3. The summed E-state index contributed by atoms with van der Waals surface area (Å²) in [5.74, 6) is 0. The van der Waals surface area contributed by atoms with E-state index in [2.05, 4.69) is 11.2 Å². The Morgan fingerprint density at radius 1 is 1.12 bits per heavy atom. The predicted octanol–water partition coefficient (Wildman–Crippen LogP) is 4.07. The summed E-state index contributed by atoms with van der Waals surface area (Å²) in [6.45, 7) is 0.328. The molecular weight excluding hydrogens is 329 g/mol. The lowest BCUT2D eigenvalue weighted by atomic mass is 10.0. The van der Waals surface area contributed by atoms with E-state index in [0.717, 1.165) is 17.7 Å². The molecule has 3 rings (SSSR count). The van der Waals surface area contributed by atoms with E-state index >= 15 is 0 Å². The molecule has 0 saturated carbocycles. The third-order valence-corrected chi connectivity index (χ3v) is 3.73. The standard InChI is InChI=1S/C18H13F3N4/c19-18(20,21)15-3-1-12(2-4-15)10-25-11-14(9-24-25)17-6-5-16(23)7-13(17)8-22/h1-7,9,11H,10,23H2. The molecule has 2 aromatic carbocycles. The molecule has 2 N–H and O–H groups in total. The monoisotopic (exact) mass is 342 g/mol. The number of nitrogen functional groups attached to an aromatic ring is 1. The van der Waals surface area contributed by atoms with Crippen molar-refractivity contribution in [3.8, 4) is 17.2 Å². The number of nitriles is 1. The van der Waals surface area contributed by atoms with Crippen molar-refractivity contribution in [2.24, 2.45) is 0 Å². The Hall–Kier alpha value is -3.27. The highest BCUT2D eigenvalue weighted by atomic mass is 19.4. The van der Waals surface area contributed by atoms with Gasteiger partial charge in [-0.3, -0.25) is 4.68 Å². The lowest BCUT2D eigenvalue weighted by Crippen LogP contribution is -2.05. The number of nitrogens with zero attached hydrogens (tertiary/aromatic N) is 3. The molecule has 0 radical (unpaired) electrons. The van der Waals surface area contributed by atoms with Crippen LogP contribution in [0.1, 0.15) is 16.7 Å². The van der Waals surface area contributed by atoms with Gasteiger partial charge in [-0.05, 0) is 29.8 Å². The van der Waals surface area contributed by atoms with E-state index in [1.807, 2.05) is 0 Å². The van der Waals surface area contributed by atoms with Crippen LogP contribution in [0.3, 0.4) is 0 Å². The molecule has 0 aliphatic carbocycles. The van der Waals surface area contributed by atoms with Gasteiger partial charge in [-0.2, -0.15) is 23.5 Å². The molecule has 0 aliphatic rings. The molecular formula is C18H13F3N4. The van der Waals surface area contributed by atoms with E-state index < -0.39 is 11.7 Å². The van der Waals surface area contributed by atoms with Crippen LogP contribution in [0.2, 0.25) is 0 Å². The molecule has 0 fully saturated rings. The number of halogens is 3. The van der Waals surface area contributed by atoms with Gasteiger partial charge in [-0.15, -0.1) is 0 Å². The van der Waals surface area contributed by atoms with E-state index in [1.54, 1.807) is 35.3 Å². The smallest absolute Gasteiger partial charge is 0.399 e. The molecule has 126 valence electrons. The number of anilines is 1. The van der Waals surface area contributed by atoms with E-state index in [4.69, 9.17) is 5.73 Å². The lowest BCUT2D eigenvalue weighted by molar-refractivity contribution is -0.137. The van der Waals surface area contributed by atoms with Crippen LogP contribution in [-0.2, 0) is 12.7 Å². The van der Waals surface area contributed by atoms with Crippen molar-refractivity contribution in [3.63, 3.8) is 0 Å². The first-order valence-corrected chi connectivity index (χ1v) is 7.35. The Morgan fingerprint density at radius 3 is 2.48 bits per heavy atom. The fourth-order valence-corrected chi connectivity index (χ4v) is 2.48. The van der Waals surface area contributed by atoms with Crippen LogP contribution < -0.4 is 5.73 Å². The molecule has 4 nitrogen and oxygen atoms in total. The van der Waals surface area contributed by atoms with Gasteiger partial charge in [-0.25, -0.2) is 0 Å². The van der Waals surface area contributed by atoms with Crippen molar-refractivity contribution >= 4 is 5.69 Å². The minimum Gasteiger partial charge on any atom is -0.399 e. The summed E-state index contributed by atoms with van der Waals surface area (Å²) in [6.07, 6.45) is -0.999. The zero-order valence-corrected chi connectivity index (χ0v) is 13.0. The largest absolute Gasteiger partial charge is 0.416 e. The van der Waals surface area contributed by atoms with E-state index in [0.29, 0.717) is 28.9 Å². The van der Waals surface area contributed by atoms with Crippen LogP contribution in [0.15, 0.2) is 54.9 Å². The van der Waals surface area contributed by atoms with Crippen molar-refractivity contribution in [2.45, 2.75) is 12.7 Å². The minimum absolute atomic E-state index is 0.328. The molecule has 1 heterocycles. The summed E-state index contributed by atoms with van der Waals surface area (Å²) < 4.78 is 39.4. The van der Waals surface area contributed by atoms with Crippen LogP contribution >= 0.6 is 0 Å². The van der Waals surface area contributed by atoms with Gasteiger partial charge in [0.15, 0.2) is 0 Å².